The maximum absolute atomic E-state index is 10.9. The first kappa shape index (κ1) is 14.5. The van der Waals surface area contributed by atoms with Gasteiger partial charge in [-0.1, -0.05) is 35.0 Å². The zero-order chi connectivity index (χ0) is 14.7. The summed E-state index contributed by atoms with van der Waals surface area (Å²) in [5, 5.41) is 16.6. The van der Waals surface area contributed by atoms with Gasteiger partial charge in [-0.25, -0.2) is 9.78 Å². The molecule has 2 rings (SSSR count). The van der Waals surface area contributed by atoms with Crippen LogP contribution in [0.3, 0.4) is 0 Å². The average Bonchev–Trinajstić information content (AvgIpc) is 2.89. The average molecular weight is 336 g/mol. The van der Waals surface area contributed by atoms with Gasteiger partial charge in [0.15, 0.2) is 0 Å². The fourth-order valence-corrected chi connectivity index (χ4v) is 2.26. The van der Waals surface area contributed by atoms with Crippen LogP contribution in [0.1, 0.15) is 25.0 Å². The minimum Gasteiger partial charge on any atom is -0.477 e. The number of hydrogen-bond donors (Lipinski definition) is 3. The van der Waals surface area contributed by atoms with E-state index in [1.807, 2.05) is 31.2 Å². The highest BCUT2D eigenvalue weighted by Gasteiger charge is 2.22. The number of carbonyl (C=O) groups is 1. The van der Waals surface area contributed by atoms with E-state index >= 15 is 0 Å². The van der Waals surface area contributed by atoms with Crippen LogP contribution in [0.5, 0.6) is 0 Å². The van der Waals surface area contributed by atoms with E-state index in [0.717, 1.165) is 10.0 Å². The molecule has 1 aromatic heterocycles. The molecule has 1 aromatic carbocycles. The predicted molar refractivity (Wildman–Crippen MR) is 80.1 cm³/mol. The van der Waals surface area contributed by atoms with Gasteiger partial charge in [0.05, 0.1) is 0 Å². The van der Waals surface area contributed by atoms with Gasteiger partial charge in [0.1, 0.15) is 11.5 Å². The quantitative estimate of drug-likeness (QED) is 0.731. The number of nitrogens with zero attached hydrogens (tertiary/aromatic N) is 1. The van der Waals surface area contributed by atoms with E-state index in [4.69, 9.17) is 10.5 Å². The standard InChI is InChI=1S/C14H14BrN3O2/c1-2-10(12(16)14(19)20)11-7-17-13(18-11)8-3-5-9(15)6-4-8/h3-7,10,16H,2H2,1H3,(H,17,18)(H,19,20). The fourth-order valence-electron chi connectivity index (χ4n) is 2.00. The molecule has 0 aliphatic heterocycles. The Morgan fingerprint density at radius 2 is 2.10 bits per heavy atom. The molecule has 20 heavy (non-hydrogen) atoms. The molecule has 0 spiro atoms. The van der Waals surface area contributed by atoms with Crippen LogP contribution in [-0.4, -0.2) is 26.8 Å². The Kier molecular flexibility index (Phi) is 4.34. The van der Waals surface area contributed by atoms with Crippen molar-refractivity contribution in [3.63, 3.8) is 0 Å². The Morgan fingerprint density at radius 1 is 1.45 bits per heavy atom. The molecule has 5 nitrogen and oxygen atoms in total. The van der Waals surface area contributed by atoms with Crippen molar-refractivity contribution < 1.29 is 9.90 Å². The number of aromatic amines is 1. The Bertz CT molecular complexity index is 634. The SMILES string of the molecule is CCC(C(=N)C(=O)O)c1cnc(-c2ccc(Br)cc2)[nH]1. The van der Waals surface area contributed by atoms with Crippen LogP contribution >= 0.6 is 15.9 Å². The van der Waals surface area contributed by atoms with E-state index in [0.29, 0.717) is 17.9 Å². The van der Waals surface area contributed by atoms with Crippen molar-refractivity contribution in [2.75, 3.05) is 0 Å². The van der Waals surface area contributed by atoms with Crippen molar-refractivity contribution in [2.24, 2.45) is 0 Å². The Morgan fingerprint density at radius 3 is 2.65 bits per heavy atom. The van der Waals surface area contributed by atoms with E-state index in [9.17, 15) is 4.79 Å². The Balaban J connectivity index is 2.30. The summed E-state index contributed by atoms with van der Waals surface area (Å²) in [4.78, 5) is 18.3. The number of rotatable bonds is 5. The smallest absolute Gasteiger partial charge is 0.350 e. The summed E-state index contributed by atoms with van der Waals surface area (Å²) in [6.07, 6.45) is 2.14. The van der Waals surface area contributed by atoms with E-state index in [-0.39, 0.29) is 5.71 Å². The molecule has 0 radical (unpaired) electrons. The van der Waals surface area contributed by atoms with Gasteiger partial charge in [-0.2, -0.15) is 0 Å². The lowest BCUT2D eigenvalue weighted by molar-refractivity contribution is -0.129. The van der Waals surface area contributed by atoms with E-state index in [2.05, 4.69) is 25.9 Å². The molecule has 3 N–H and O–H groups in total. The lowest BCUT2D eigenvalue weighted by Crippen LogP contribution is -2.20. The molecule has 0 amide bonds. The lowest BCUT2D eigenvalue weighted by atomic mass is 9.97. The van der Waals surface area contributed by atoms with Crippen molar-refractivity contribution in [1.82, 2.24) is 9.97 Å². The van der Waals surface area contributed by atoms with Crippen molar-refractivity contribution in [1.29, 1.82) is 5.41 Å². The van der Waals surface area contributed by atoms with Crippen LogP contribution in [0.2, 0.25) is 0 Å². The van der Waals surface area contributed by atoms with Gasteiger partial charge in [0.25, 0.3) is 0 Å². The summed E-state index contributed by atoms with van der Waals surface area (Å²) < 4.78 is 0.979. The van der Waals surface area contributed by atoms with Crippen LogP contribution in [0.15, 0.2) is 34.9 Å². The second-order valence-corrected chi connectivity index (χ2v) is 5.29. The molecule has 0 saturated heterocycles. The number of carboxylic acid groups (broad SMARTS) is 1. The summed E-state index contributed by atoms with van der Waals surface area (Å²) in [6, 6.07) is 7.65. The normalized spacial score (nSPS) is 12.1. The molecule has 1 atom stereocenters. The number of aliphatic carboxylic acids is 1. The number of benzene rings is 1. The maximum atomic E-state index is 10.9. The number of aromatic nitrogens is 2. The topological polar surface area (TPSA) is 89.8 Å². The summed E-state index contributed by atoms with van der Waals surface area (Å²) in [7, 11) is 0. The van der Waals surface area contributed by atoms with Gasteiger partial charge < -0.3 is 10.1 Å². The first-order chi connectivity index (χ1) is 9.52. The van der Waals surface area contributed by atoms with Gasteiger partial charge in [0.2, 0.25) is 0 Å². The molecule has 1 heterocycles. The largest absolute Gasteiger partial charge is 0.477 e. The number of hydrogen-bond acceptors (Lipinski definition) is 3. The predicted octanol–water partition coefficient (Wildman–Crippen LogP) is 3.44. The summed E-state index contributed by atoms with van der Waals surface area (Å²) in [6.45, 7) is 1.85. The van der Waals surface area contributed by atoms with Crippen LogP contribution in [0.4, 0.5) is 0 Å². The monoisotopic (exact) mass is 335 g/mol. The third kappa shape index (κ3) is 2.96. The van der Waals surface area contributed by atoms with Crippen molar-refractivity contribution in [3.05, 3.63) is 40.6 Å². The van der Waals surface area contributed by atoms with Crippen molar-refractivity contribution >= 4 is 27.6 Å². The molecular formula is C14H14BrN3O2. The number of imidazole rings is 1. The van der Waals surface area contributed by atoms with E-state index in [1.165, 1.54) is 0 Å². The maximum Gasteiger partial charge on any atom is 0.350 e. The molecule has 104 valence electrons. The molecule has 6 heteroatoms. The van der Waals surface area contributed by atoms with E-state index < -0.39 is 11.9 Å². The first-order valence-electron chi connectivity index (χ1n) is 6.15. The molecular weight excluding hydrogens is 322 g/mol. The molecule has 0 bridgehead atoms. The number of nitrogens with one attached hydrogen (secondary N) is 2. The van der Waals surface area contributed by atoms with Crippen LogP contribution in [-0.2, 0) is 4.79 Å². The van der Waals surface area contributed by atoms with Crippen LogP contribution < -0.4 is 0 Å². The highest BCUT2D eigenvalue weighted by molar-refractivity contribution is 9.10. The number of carboxylic acids is 1. The van der Waals surface area contributed by atoms with Crippen LogP contribution in [0.25, 0.3) is 11.4 Å². The summed E-state index contributed by atoms with van der Waals surface area (Å²) in [5.74, 6) is -0.995. The third-order valence-electron chi connectivity index (χ3n) is 3.08. The minimum absolute atomic E-state index is 0.321. The molecule has 0 aliphatic rings. The van der Waals surface area contributed by atoms with Crippen molar-refractivity contribution in [3.8, 4) is 11.4 Å². The van der Waals surface area contributed by atoms with Crippen LogP contribution in [0, 0.1) is 5.41 Å². The molecule has 2 aromatic rings. The highest BCUT2D eigenvalue weighted by atomic mass is 79.9. The number of H-pyrrole nitrogens is 1. The fraction of sp³-hybridized carbons (Fsp3) is 0.214. The van der Waals surface area contributed by atoms with Gasteiger partial charge in [0, 0.05) is 27.8 Å². The van der Waals surface area contributed by atoms with Crippen molar-refractivity contribution in [2.45, 2.75) is 19.3 Å². The lowest BCUT2D eigenvalue weighted by Gasteiger charge is -2.10. The third-order valence-corrected chi connectivity index (χ3v) is 3.60. The van der Waals surface area contributed by atoms with Gasteiger partial charge >= 0.3 is 5.97 Å². The second kappa shape index (κ2) is 6.00. The Labute approximate surface area is 124 Å². The van der Waals surface area contributed by atoms with Gasteiger partial charge in [-0.15, -0.1) is 0 Å². The zero-order valence-electron chi connectivity index (χ0n) is 10.9. The summed E-state index contributed by atoms with van der Waals surface area (Å²) >= 11 is 3.37. The molecule has 0 aliphatic carbocycles. The van der Waals surface area contributed by atoms with Gasteiger partial charge in [-0.05, 0) is 18.6 Å². The van der Waals surface area contributed by atoms with Gasteiger partial charge in [-0.3, -0.25) is 5.41 Å². The minimum atomic E-state index is -1.20. The summed E-state index contributed by atoms with van der Waals surface area (Å²) in [5.41, 5.74) is 1.24. The molecule has 0 saturated carbocycles. The Hall–Kier alpha value is -1.95. The molecule has 0 fully saturated rings. The zero-order valence-corrected chi connectivity index (χ0v) is 12.4. The highest BCUT2D eigenvalue weighted by Crippen LogP contribution is 2.24. The molecule has 1 unspecified atom stereocenters. The second-order valence-electron chi connectivity index (χ2n) is 4.37. The first-order valence-corrected chi connectivity index (χ1v) is 6.94. The van der Waals surface area contributed by atoms with E-state index in [1.54, 1.807) is 6.20 Å². The number of halogens is 1.